The number of epoxide rings is 1. The molecule has 5 rings (SSSR count). The van der Waals surface area contributed by atoms with Crippen LogP contribution in [-0.2, 0) is 33.4 Å². The number of carbonyl (C=O) groups is 4. The molecule has 1 saturated heterocycles. The van der Waals surface area contributed by atoms with Crippen LogP contribution in [0.3, 0.4) is 0 Å². The first-order chi connectivity index (χ1) is 16.5. The summed E-state index contributed by atoms with van der Waals surface area (Å²) in [6, 6.07) is 0. The van der Waals surface area contributed by atoms with Gasteiger partial charge in [0.2, 0.25) is 5.78 Å². The van der Waals surface area contributed by atoms with Crippen molar-refractivity contribution in [2.45, 2.75) is 90.4 Å². The van der Waals surface area contributed by atoms with Crippen LogP contribution in [0, 0.1) is 28.6 Å². The monoisotopic (exact) mass is 484 g/mol. The minimum Gasteiger partial charge on any atom is -0.457 e. The fourth-order valence-electron chi connectivity index (χ4n) is 8.44. The van der Waals surface area contributed by atoms with Crippen molar-refractivity contribution in [1.82, 2.24) is 0 Å². The number of ether oxygens (including phenoxy) is 3. The molecule has 0 aromatic carbocycles. The summed E-state index contributed by atoms with van der Waals surface area (Å²) < 4.78 is 18.0. The second kappa shape index (κ2) is 7.86. The maximum atomic E-state index is 13.9. The minimum atomic E-state index is -1.37. The highest BCUT2D eigenvalue weighted by Crippen LogP contribution is 2.77. The number of hydrogen-bond donors (Lipinski definition) is 0. The number of carbonyl (C=O) groups excluding carboxylic acids is 4. The van der Waals surface area contributed by atoms with E-state index in [9.17, 15) is 19.2 Å². The fraction of sp³-hybridized carbons (Fsp3) is 0.714. The van der Waals surface area contributed by atoms with E-state index in [0.29, 0.717) is 6.42 Å². The van der Waals surface area contributed by atoms with Gasteiger partial charge in [-0.05, 0) is 56.6 Å². The van der Waals surface area contributed by atoms with E-state index in [2.05, 4.69) is 13.8 Å². The van der Waals surface area contributed by atoms with E-state index in [-0.39, 0.29) is 53.7 Å². The van der Waals surface area contributed by atoms with Crippen LogP contribution in [0.5, 0.6) is 0 Å². The highest BCUT2D eigenvalue weighted by Gasteiger charge is 2.83. The molecule has 35 heavy (non-hydrogen) atoms. The van der Waals surface area contributed by atoms with Gasteiger partial charge in [-0.3, -0.25) is 19.2 Å². The van der Waals surface area contributed by atoms with Crippen molar-refractivity contribution in [2.24, 2.45) is 28.6 Å². The van der Waals surface area contributed by atoms with Gasteiger partial charge in [0.05, 0.1) is 6.10 Å². The summed E-state index contributed by atoms with van der Waals surface area (Å²) in [6.07, 6.45) is 8.66. The van der Waals surface area contributed by atoms with E-state index in [4.69, 9.17) is 14.2 Å². The van der Waals surface area contributed by atoms with E-state index in [1.807, 2.05) is 13.0 Å². The van der Waals surface area contributed by atoms with Gasteiger partial charge < -0.3 is 14.2 Å². The molecule has 0 N–H and O–H groups in total. The van der Waals surface area contributed by atoms with Crippen molar-refractivity contribution in [2.75, 3.05) is 6.61 Å². The van der Waals surface area contributed by atoms with Crippen molar-refractivity contribution < 1.29 is 33.4 Å². The zero-order valence-corrected chi connectivity index (χ0v) is 21.3. The van der Waals surface area contributed by atoms with Gasteiger partial charge in [0.25, 0.3) is 0 Å². The molecule has 7 nitrogen and oxygen atoms in total. The Kier molecular flexibility index (Phi) is 5.48. The standard InChI is InChI=1S/C28H36O7/c1-6-23(31)33-15-21(30)27(35-24(32)7-2)16(3)12-20-19-9-8-17-13-18(29)10-11-25(17,4)28(19)22(34-28)14-26(20,27)5/h10-11,13,16,19-20,22H,6-9,12,14-15H2,1-5H3/t16?,19?,20?,22-,25?,26?,27?,28+/m0/s1. The molecule has 0 aromatic heterocycles. The van der Waals surface area contributed by atoms with Crippen molar-refractivity contribution >= 4 is 23.5 Å². The van der Waals surface area contributed by atoms with Crippen molar-refractivity contribution in [3.8, 4) is 0 Å². The highest BCUT2D eigenvalue weighted by atomic mass is 16.6. The third kappa shape index (κ3) is 3.00. The van der Waals surface area contributed by atoms with Crippen LogP contribution in [0.4, 0.5) is 0 Å². The molecule has 0 radical (unpaired) electrons. The Morgan fingerprint density at radius 1 is 1.11 bits per heavy atom. The van der Waals surface area contributed by atoms with Gasteiger partial charge >= 0.3 is 11.9 Å². The van der Waals surface area contributed by atoms with Crippen LogP contribution in [0.1, 0.15) is 73.1 Å². The number of hydrogen-bond acceptors (Lipinski definition) is 7. The van der Waals surface area contributed by atoms with Crippen LogP contribution in [-0.4, -0.2) is 47.4 Å². The van der Waals surface area contributed by atoms with E-state index in [1.165, 1.54) is 0 Å². The first-order valence-electron chi connectivity index (χ1n) is 13.0. The molecule has 0 bridgehead atoms. The summed E-state index contributed by atoms with van der Waals surface area (Å²) in [5.74, 6) is -1.14. The summed E-state index contributed by atoms with van der Waals surface area (Å²) in [6.45, 7) is 9.24. The zero-order valence-electron chi connectivity index (χ0n) is 21.3. The van der Waals surface area contributed by atoms with E-state index < -0.39 is 35.2 Å². The summed E-state index contributed by atoms with van der Waals surface area (Å²) in [5.41, 5.74) is -1.64. The zero-order chi connectivity index (χ0) is 25.4. The number of Topliss-reactive ketones (excluding diaryl/α,β-unsaturated/α-hetero) is 1. The Bertz CT molecular complexity index is 1060. The lowest BCUT2D eigenvalue weighted by molar-refractivity contribution is -0.194. The van der Waals surface area contributed by atoms with Gasteiger partial charge in [0, 0.05) is 29.6 Å². The minimum absolute atomic E-state index is 0.0254. The molecule has 1 aliphatic heterocycles. The van der Waals surface area contributed by atoms with E-state index in [0.717, 1.165) is 24.8 Å². The molecule has 7 heteroatoms. The van der Waals surface area contributed by atoms with Gasteiger partial charge in [0.1, 0.15) is 5.60 Å². The average Bonchev–Trinajstić information content (AvgIpc) is 3.50. The largest absolute Gasteiger partial charge is 0.457 e. The van der Waals surface area contributed by atoms with Crippen LogP contribution in [0.2, 0.25) is 0 Å². The topological polar surface area (TPSA) is 99.3 Å². The lowest BCUT2D eigenvalue weighted by Crippen LogP contribution is -2.63. The smallest absolute Gasteiger partial charge is 0.306 e. The molecular formula is C28H36O7. The summed E-state index contributed by atoms with van der Waals surface area (Å²) in [7, 11) is 0. The third-order valence-electron chi connectivity index (χ3n) is 10.1. The number of esters is 2. The predicted octanol–water partition coefficient (Wildman–Crippen LogP) is 3.89. The average molecular weight is 485 g/mol. The maximum absolute atomic E-state index is 13.9. The van der Waals surface area contributed by atoms with Crippen molar-refractivity contribution in [3.05, 3.63) is 23.8 Å². The molecule has 0 aromatic rings. The molecular weight excluding hydrogens is 448 g/mol. The molecule has 3 saturated carbocycles. The van der Waals surface area contributed by atoms with Gasteiger partial charge in [-0.1, -0.05) is 39.3 Å². The van der Waals surface area contributed by atoms with Gasteiger partial charge in [-0.15, -0.1) is 0 Å². The lowest BCUT2D eigenvalue weighted by Gasteiger charge is -2.56. The molecule has 0 amide bonds. The van der Waals surface area contributed by atoms with Gasteiger partial charge in [0.15, 0.2) is 18.0 Å². The molecule has 1 spiro atoms. The van der Waals surface area contributed by atoms with E-state index in [1.54, 1.807) is 26.0 Å². The Morgan fingerprint density at radius 3 is 2.51 bits per heavy atom. The molecule has 1 heterocycles. The second-order valence-electron chi connectivity index (χ2n) is 11.5. The van der Waals surface area contributed by atoms with E-state index >= 15 is 0 Å². The van der Waals surface area contributed by atoms with Crippen LogP contribution >= 0.6 is 0 Å². The number of rotatable bonds is 6. The normalized spacial score (nSPS) is 44.8. The van der Waals surface area contributed by atoms with Crippen molar-refractivity contribution in [1.29, 1.82) is 0 Å². The number of allylic oxidation sites excluding steroid dienone is 2. The first-order valence-corrected chi connectivity index (χ1v) is 13.0. The first kappa shape index (κ1) is 24.4. The Labute approximate surface area is 206 Å². The Hall–Kier alpha value is -2.28. The molecule has 5 aliphatic rings. The van der Waals surface area contributed by atoms with Crippen LogP contribution < -0.4 is 0 Å². The van der Waals surface area contributed by atoms with Crippen LogP contribution in [0.25, 0.3) is 0 Å². The Balaban J connectivity index is 1.55. The fourth-order valence-corrected chi connectivity index (χ4v) is 8.44. The molecule has 4 aliphatic carbocycles. The number of fused-ring (bicyclic) bond motifs is 3. The van der Waals surface area contributed by atoms with Gasteiger partial charge in [-0.25, -0.2) is 0 Å². The maximum Gasteiger partial charge on any atom is 0.306 e. The van der Waals surface area contributed by atoms with Crippen molar-refractivity contribution in [3.63, 3.8) is 0 Å². The summed E-state index contributed by atoms with van der Waals surface area (Å²) >= 11 is 0. The quantitative estimate of drug-likeness (QED) is 0.417. The highest BCUT2D eigenvalue weighted by molar-refractivity contribution is 6.01. The second-order valence-corrected chi connectivity index (χ2v) is 11.5. The molecule has 8 atom stereocenters. The lowest BCUT2D eigenvalue weighted by atomic mass is 9.46. The van der Waals surface area contributed by atoms with Gasteiger partial charge in [-0.2, -0.15) is 0 Å². The Morgan fingerprint density at radius 2 is 1.83 bits per heavy atom. The molecule has 190 valence electrons. The summed E-state index contributed by atoms with van der Waals surface area (Å²) in [4.78, 5) is 50.5. The summed E-state index contributed by atoms with van der Waals surface area (Å²) in [5, 5.41) is 0. The molecule has 6 unspecified atom stereocenters. The predicted molar refractivity (Wildman–Crippen MR) is 126 cm³/mol. The molecule has 4 fully saturated rings. The third-order valence-corrected chi connectivity index (χ3v) is 10.1. The number of ketones is 2. The van der Waals surface area contributed by atoms with Crippen LogP contribution in [0.15, 0.2) is 23.8 Å². The SMILES string of the molecule is CCC(=O)OCC(=O)C1(OC(=O)CC)C(C)CC2C3CCC4=CC(=O)C=CC4(C)[C@@]34O[C@H]4CC21C.